The van der Waals surface area contributed by atoms with E-state index in [1.54, 1.807) is 24.3 Å². The molecule has 0 aliphatic carbocycles. The van der Waals surface area contributed by atoms with Crippen molar-refractivity contribution in [1.29, 1.82) is 0 Å². The monoisotopic (exact) mass is 380 g/mol. The second kappa shape index (κ2) is 7.91. The minimum Gasteiger partial charge on any atom is -0.483 e. The summed E-state index contributed by atoms with van der Waals surface area (Å²) in [5, 5.41) is 6.77. The zero-order valence-corrected chi connectivity index (χ0v) is 15.8. The topological polar surface area (TPSA) is 113 Å². The normalized spacial score (nSPS) is 10.5. The van der Waals surface area contributed by atoms with Gasteiger partial charge in [-0.05, 0) is 38.0 Å². The van der Waals surface area contributed by atoms with E-state index in [0.717, 1.165) is 16.7 Å². The molecule has 0 unspecified atom stereocenters. The molecular formula is C20H20N4O4. The van der Waals surface area contributed by atoms with Gasteiger partial charge in [0.2, 0.25) is 0 Å². The highest BCUT2D eigenvalue weighted by molar-refractivity contribution is 6.05. The number of rotatable bonds is 4. The van der Waals surface area contributed by atoms with Crippen LogP contribution in [-0.4, -0.2) is 28.6 Å². The smallest absolute Gasteiger partial charge is 0.290 e. The SMILES string of the molecule is Cc1cc(C)c(OCC(=O)NNC(=O)c2n[nH]c(=O)c3ccccc23)c(C)c1. The molecule has 0 aliphatic rings. The molecular weight excluding hydrogens is 360 g/mol. The van der Waals surface area contributed by atoms with Crippen LogP contribution >= 0.6 is 0 Å². The summed E-state index contributed by atoms with van der Waals surface area (Å²) in [6.07, 6.45) is 0. The van der Waals surface area contributed by atoms with Gasteiger partial charge in [0.25, 0.3) is 17.4 Å². The second-order valence-electron chi connectivity index (χ2n) is 6.47. The van der Waals surface area contributed by atoms with Gasteiger partial charge in [-0.25, -0.2) is 5.10 Å². The van der Waals surface area contributed by atoms with E-state index in [2.05, 4.69) is 21.0 Å². The Labute approximate surface area is 160 Å². The highest BCUT2D eigenvalue weighted by atomic mass is 16.5. The fourth-order valence-electron chi connectivity index (χ4n) is 3.04. The van der Waals surface area contributed by atoms with Gasteiger partial charge in [-0.15, -0.1) is 0 Å². The third-order valence-corrected chi connectivity index (χ3v) is 4.18. The van der Waals surface area contributed by atoms with E-state index < -0.39 is 17.4 Å². The molecule has 1 aromatic heterocycles. The summed E-state index contributed by atoms with van der Waals surface area (Å²) in [6, 6.07) is 10.5. The molecule has 3 rings (SSSR count). The number of hydrogen-bond donors (Lipinski definition) is 3. The van der Waals surface area contributed by atoms with Crippen molar-refractivity contribution in [3.8, 4) is 5.75 Å². The third kappa shape index (κ3) is 4.01. The van der Waals surface area contributed by atoms with Gasteiger partial charge in [0, 0.05) is 5.39 Å². The maximum Gasteiger partial charge on any atom is 0.290 e. The summed E-state index contributed by atoms with van der Waals surface area (Å²) < 4.78 is 5.58. The number of amides is 2. The molecule has 1 heterocycles. The first-order chi connectivity index (χ1) is 13.4. The number of hydrazine groups is 1. The Balaban J connectivity index is 1.63. The highest BCUT2D eigenvalue weighted by Crippen LogP contribution is 2.24. The average Bonchev–Trinajstić information content (AvgIpc) is 2.66. The van der Waals surface area contributed by atoms with Gasteiger partial charge in [-0.3, -0.25) is 25.2 Å². The Morgan fingerprint density at radius 2 is 1.68 bits per heavy atom. The lowest BCUT2D eigenvalue weighted by atomic mass is 10.1. The van der Waals surface area contributed by atoms with Gasteiger partial charge < -0.3 is 4.74 Å². The summed E-state index contributed by atoms with van der Waals surface area (Å²) in [5.41, 5.74) is 7.14. The number of fused-ring (bicyclic) bond motifs is 1. The Morgan fingerprint density at radius 3 is 2.36 bits per heavy atom. The predicted octanol–water partition coefficient (Wildman–Crippen LogP) is 1.69. The van der Waals surface area contributed by atoms with E-state index in [4.69, 9.17) is 4.74 Å². The van der Waals surface area contributed by atoms with Crippen molar-refractivity contribution in [3.63, 3.8) is 0 Å². The molecule has 2 aromatic carbocycles. The molecule has 0 radical (unpaired) electrons. The number of carbonyl (C=O) groups is 2. The average molecular weight is 380 g/mol. The van der Waals surface area contributed by atoms with E-state index in [-0.39, 0.29) is 12.3 Å². The van der Waals surface area contributed by atoms with Crippen molar-refractivity contribution >= 4 is 22.6 Å². The van der Waals surface area contributed by atoms with Crippen LogP contribution in [0.2, 0.25) is 0 Å². The molecule has 0 spiro atoms. The molecule has 8 nitrogen and oxygen atoms in total. The van der Waals surface area contributed by atoms with Crippen LogP contribution in [-0.2, 0) is 4.79 Å². The molecule has 8 heteroatoms. The fourth-order valence-corrected chi connectivity index (χ4v) is 3.04. The Kier molecular flexibility index (Phi) is 5.39. The van der Waals surface area contributed by atoms with Gasteiger partial charge in [0.05, 0.1) is 5.39 Å². The Morgan fingerprint density at radius 1 is 1.04 bits per heavy atom. The van der Waals surface area contributed by atoms with Crippen molar-refractivity contribution in [2.45, 2.75) is 20.8 Å². The second-order valence-corrected chi connectivity index (χ2v) is 6.47. The standard InChI is InChI=1S/C20H20N4O4/c1-11-8-12(2)18(13(3)9-11)28-10-16(25)21-24-20(27)17-14-6-4-5-7-15(14)19(26)23-22-17/h4-9H,10H2,1-3H3,(H,21,25)(H,23,26)(H,24,27). The van der Waals surface area contributed by atoms with Crippen LogP contribution in [0.5, 0.6) is 5.75 Å². The summed E-state index contributed by atoms with van der Waals surface area (Å²) in [4.78, 5) is 36.2. The highest BCUT2D eigenvalue weighted by Gasteiger charge is 2.15. The lowest BCUT2D eigenvalue weighted by Gasteiger charge is -2.13. The number of hydrogen-bond acceptors (Lipinski definition) is 5. The van der Waals surface area contributed by atoms with Gasteiger partial charge in [0.15, 0.2) is 12.3 Å². The molecule has 0 saturated carbocycles. The molecule has 0 atom stereocenters. The first-order valence-electron chi connectivity index (χ1n) is 8.64. The number of nitrogens with zero attached hydrogens (tertiary/aromatic N) is 1. The number of carbonyl (C=O) groups excluding carboxylic acids is 2. The van der Waals surface area contributed by atoms with Crippen LogP contribution in [0, 0.1) is 20.8 Å². The number of aryl methyl sites for hydroxylation is 3. The summed E-state index contributed by atoms with van der Waals surface area (Å²) in [6.45, 7) is 5.54. The van der Waals surface area contributed by atoms with Crippen molar-refractivity contribution in [2.75, 3.05) is 6.61 Å². The van der Waals surface area contributed by atoms with E-state index in [9.17, 15) is 14.4 Å². The lowest BCUT2D eigenvalue weighted by Crippen LogP contribution is -2.44. The zero-order valence-electron chi connectivity index (χ0n) is 15.8. The van der Waals surface area contributed by atoms with E-state index in [0.29, 0.717) is 16.5 Å². The van der Waals surface area contributed by atoms with Crippen LogP contribution in [0.4, 0.5) is 0 Å². The van der Waals surface area contributed by atoms with E-state index in [1.807, 2.05) is 32.9 Å². The van der Waals surface area contributed by atoms with Crippen LogP contribution < -0.4 is 21.1 Å². The molecule has 0 fully saturated rings. The number of H-pyrrole nitrogens is 1. The Bertz CT molecular complexity index is 1100. The summed E-state index contributed by atoms with van der Waals surface area (Å²) >= 11 is 0. The molecule has 0 bridgehead atoms. The largest absolute Gasteiger partial charge is 0.483 e. The first-order valence-corrected chi connectivity index (χ1v) is 8.64. The van der Waals surface area contributed by atoms with Crippen LogP contribution in [0.3, 0.4) is 0 Å². The number of aromatic nitrogens is 2. The van der Waals surface area contributed by atoms with Gasteiger partial charge in [-0.2, -0.15) is 5.10 Å². The maximum atomic E-state index is 12.3. The van der Waals surface area contributed by atoms with Crippen molar-refractivity contribution in [2.24, 2.45) is 0 Å². The molecule has 0 aliphatic heterocycles. The molecule has 0 saturated heterocycles. The molecule has 144 valence electrons. The number of aromatic amines is 1. The number of benzene rings is 2. The minimum atomic E-state index is -0.650. The first kappa shape index (κ1) is 19.1. The third-order valence-electron chi connectivity index (χ3n) is 4.18. The Hall–Kier alpha value is -3.68. The minimum absolute atomic E-state index is 0.00152. The lowest BCUT2D eigenvalue weighted by molar-refractivity contribution is -0.123. The fraction of sp³-hybridized carbons (Fsp3) is 0.200. The van der Waals surface area contributed by atoms with Crippen molar-refractivity contribution < 1.29 is 14.3 Å². The summed E-state index contributed by atoms with van der Waals surface area (Å²) in [5.74, 6) is -0.537. The van der Waals surface area contributed by atoms with Crippen molar-refractivity contribution in [3.05, 3.63) is 69.1 Å². The maximum absolute atomic E-state index is 12.3. The number of nitrogens with one attached hydrogen (secondary N) is 3. The molecule has 3 N–H and O–H groups in total. The predicted molar refractivity (Wildman–Crippen MR) is 104 cm³/mol. The van der Waals surface area contributed by atoms with Gasteiger partial charge >= 0.3 is 0 Å². The zero-order chi connectivity index (χ0) is 20.3. The van der Waals surface area contributed by atoms with Gasteiger partial charge in [0.1, 0.15) is 5.75 Å². The van der Waals surface area contributed by atoms with Gasteiger partial charge in [-0.1, -0.05) is 35.9 Å². The van der Waals surface area contributed by atoms with E-state index in [1.165, 1.54) is 0 Å². The quantitative estimate of drug-likeness (QED) is 0.596. The molecule has 3 aromatic rings. The molecule has 2 amide bonds. The van der Waals surface area contributed by atoms with E-state index >= 15 is 0 Å². The van der Waals surface area contributed by atoms with Crippen molar-refractivity contribution in [1.82, 2.24) is 21.0 Å². The number of ether oxygens (including phenoxy) is 1. The van der Waals surface area contributed by atoms with Crippen LogP contribution in [0.15, 0.2) is 41.2 Å². The summed E-state index contributed by atoms with van der Waals surface area (Å²) in [7, 11) is 0. The van der Waals surface area contributed by atoms with Crippen LogP contribution in [0.25, 0.3) is 10.8 Å². The molecule has 28 heavy (non-hydrogen) atoms. The van der Waals surface area contributed by atoms with Crippen LogP contribution in [0.1, 0.15) is 27.2 Å².